The van der Waals surface area contributed by atoms with Gasteiger partial charge in [0.2, 0.25) is 0 Å². The summed E-state index contributed by atoms with van der Waals surface area (Å²) in [5.74, 6) is -1.03. The number of carbonyl (C=O) groups is 2. The van der Waals surface area contributed by atoms with Crippen LogP contribution in [-0.4, -0.2) is 32.2 Å². The van der Waals surface area contributed by atoms with Gasteiger partial charge in [-0.15, -0.1) is 0 Å². The number of ether oxygens (including phenoxy) is 2. The molecule has 0 bridgehead atoms. The molecule has 98 valence electrons. The number of methoxy groups -OCH3 is 2. The number of rotatable bonds is 4. The van der Waals surface area contributed by atoms with E-state index in [9.17, 15) is 9.59 Å². The third kappa shape index (κ3) is 3.21. The van der Waals surface area contributed by atoms with Crippen molar-refractivity contribution < 1.29 is 19.1 Å². The number of nitrogens with two attached hydrogens (primary N) is 2. The van der Waals surface area contributed by atoms with Gasteiger partial charge >= 0.3 is 11.9 Å². The molecule has 0 radical (unpaired) electrons. The van der Waals surface area contributed by atoms with Gasteiger partial charge in [-0.1, -0.05) is 6.07 Å². The van der Waals surface area contributed by atoms with Crippen LogP contribution in [0.3, 0.4) is 0 Å². The lowest BCUT2D eigenvalue weighted by Crippen LogP contribution is -2.33. The first-order chi connectivity index (χ1) is 8.49. The lowest BCUT2D eigenvalue weighted by Gasteiger charge is -2.11. The maximum absolute atomic E-state index is 11.4. The maximum atomic E-state index is 11.4. The van der Waals surface area contributed by atoms with E-state index in [1.807, 2.05) is 0 Å². The van der Waals surface area contributed by atoms with Crippen LogP contribution >= 0.6 is 0 Å². The monoisotopic (exact) mass is 252 g/mol. The Morgan fingerprint density at radius 1 is 1.28 bits per heavy atom. The fourth-order valence-corrected chi connectivity index (χ4v) is 1.51. The van der Waals surface area contributed by atoms with E-state index in [2.05, 4.69) is 9.47 Å². The molecule has 0 saturated carbocycles. The fourth-order valence-electron chi connectivity index (χ4n) is 1.51. The standard InChI is InChI=1S/C12H16N2O4/c1-17-11(15)8-5-7(3-4-9(8)13)6-10(14)12(16)18-2/h3-5,10H,6,13-14H2,1-2H3/t10-/m1/s1. The highest BCUT2D eigenvalue weighted by Gasteiger charge is 2.16. The lowest BCUT2D eigenvalue weighted by atomic mass is 10.0. The molecule has 0 unspecified atom stereocenters. The summed E-state index contributed by atoms with van der Waals surface area (Å²) >= 11 is 0. The maximum Gasteiger partial charge on any atom is 0.339 e. The number of hydrogen-bond donors (Lipinski definition) is 2. The predicted molar refractivity (Wildman–Crippen MR) is 65.9 cm³/mol. The van der Waals surface area contributed by atoms with Crippen molar-refractivity contribution in [3.8, 4) is 0 Å². The zero-order valence-electron chi connectivity index (χ0n) is 10.3. The molecule has 1 aromatic rings. The van der Waals surface area contributed by atoms with Crippen molar-refractivity contribution in [1.29, 1.82) is 0 Å². The molecule has 0 aliphatic heterocycles. The summed E-state index contributed by atoms with van der Waals surface area (Å²) in [6, 6.07) is 4.06. The molecule has 4 N–H and O–H groups in total. The van der Waals surface area contributed by atoms with Crippen LogP contribution in [0.5, 0.6) is 0 Å². The van der Waals surface area contributed by atoms with E-state index in [1.165, 1.54) is 14.2 Å². The number of hydrogen-bond acceptors (Lipinski definition) is 6. The Morgan fingerprint density at radius 2 is 1.94 bits per heavy atom. The molecule has 1 rings (SSSR count). The van der Waals surface area contributed by atoms with Gasteiger partial charge in [0.1, 0.15) is 6.04 Å². The molecule has 0 amide bonds. The van der Waals surface area contributed by atoms with Gasteiger partial charge in [-0.25, -0.2) is 4.79 Å². The van der Waals surface area contributed by atoms with Crippen LogP contribution in [0.25, 0.3) is 0 Å². The largest absolute Gasteiger partial charge is 0.468 e. The molecule has 18 heavy (non-hydrogen) atoms. The molecule has 6 heteroatoms. The molecule has 0 heterocycles. The average Bonchev–Trinajstić information content (AvgIpc) is 2.38. The molecule has 0 aromatic heterocycles. The van der Waals surface area contributed by atoms with Gasteiger partial charge in [0.05, 0.1) is 19.8 Å². The van der Waals surface area contributed by atoms with Gasteiger partial charge in [0, 0.05) is 5.69 Å². The molecule has 0 fully saturated rings. The van der Waals surface area contributed by atoms with Crippen molar-refractivity contribution in [2.45, 2.75) is 12.5 Å². The highest BCUT2D eigenvalue weighted by atomic mass is 16.5. The van der Waals surface area contributed by atoms with Crippen molar-refractivity contribution in [2.75, 3.05) is 20.0 Å². The third-order valence-corrected chi connectivity index (χ3v) is 2.48. The average molecular weight is 252 g/mol. The predicted octanol–water partition coefficient (Wildman–Crippen LogP) is 0.0982. The molecule has 0 aliphatic rings. The molecule has 6 nitrogen and oxygen atoms in total. The Hall–Kier alpha value is -2.08. The van der Waals surface area contributed by atoms with E-state index >= 15 is 0 Å². The first kappa shape index (κ1) is 14.0. The molecule has 1 atom stereocenters. The van der Waals surface area contributed by atoms with Crippen molar-refractivity contribution >= 4 is 17.6 Å². The van der Waals surface area contributed by atoms with Gasteiger partial charge in [-0.2, -0.15) is 0 Å². The summed E-state index contributed by atoms with van der Waals surface area (Å²) in [6.45, 7) is 0. The summed E-state index contributed by atoms with van der Waals surface area (Å²) in [7, 11) is 2.54. The van der Waals surface area contributed by atoms with E-state index < -0.39 is 18.0 Å². The third-order valence-electron chi connectivity index (χ3n) is 2.48. The highest BCUT2D eigenvalue weighted by Crippen LogP contribution is 2.16. The summed E-state index contributed by atoms with van der Waals surface area (Å²) in [5.41, 5.74) is 12.6. The van der Waals surface area contributed by atoms with Crippen LogP contribution in [-0.2, 0) is 20.7 Å². The molecule has 0 saturated heterocycles. The second kappa shape index (κ2) is 6.02. The Bertz CT molecular complexity index is 459. The number of esters is 2. The second-order valence-electron chi connectivity index (χ2n) is 3.75. The zero-order chi connectivity index (χ0) is 13.7. The smallest absolute Gasteiger partial charge is 0.339 e. The van der Waals surface area contributed by atoms with Crippen LogP contribution < -0.4 is 11.5 Å². The topological polar surface area (TPSA) is 105 Å². The summed E-state index contributed by atoms with van der Waals surface area (Å²) in [5, 5.41) is 0. The molecular formula is C12H16N2O4. The Balaban J connectivity index is 2.92. The number of benzene rings is 1. The minimum atomic E-state index is -0.774. The van der Waals surface area contributed by atoms with Crippen molar-refractivity contribution in [2.24, 2.45) is 5.73 Å². The van der Waals surface area contributed by atoms with Crippen LogP contribution in [0.1, 0.15) is 15.9 Å². The number of nitrogen functional groups attached to an aromatic ring is 1. The Labute approximate surface area is 105 Å². The van der Waals surface area contributed by atoms with Crippen LogP contribution in [0, 0.1) is 0 Å². The first-order valence-corrected chi connectivity index (χ1v) is 5.29. The van der Waals surface area contributed by atoms with E-state index in [-0.39, 0.29) is 12.0 Å². The van der Waals surface area contributed by atoms with Crippen LogP contribution in [0.15, 0.2) is 18.2 Å². The SMILES string of the molecule is COC(=O)c1cc(C[C@@H](N)C(=O)OC)ccc1N. The minimum Gasteiger partial charge on any atom is -0.468 e. The zero-order valence-corrected chi connectivity index (χ0v) is 10.3. The highest BCUT2D eigenvalue weighted by molar-refractivity contribution is 5.95. The Morgan fingerprint density at radius 3 is 2.50 bits per heavy atom. The van der Waals surface area contributed by atoms with Crippen LogP contribution in [0.2, 0.25) is 0 Å². The normalized spacial score (nSPS) is 11.7. The van der Waals surface area contributed by atoms with Gasteiger partial charge in [0.25, 0.3) is 0 Å². The van der Waals surface area contributed by atoms with E-state index in [4.69, 9.17) is 11.5 Å². The van der Waals surface area contributed by atoms with Gasteiger partial charge in [-0.05, 0) is 24.1 Å². The van der Waals surface area contributed by atoms with Gasteiger partial charge < -0.3 is 20.9 Å². The van der Waals surface area contributed by atoms with Crippen molar-refractivity contribution in [3.63, 3.8) is 0 Å². The lowest BCUT2D eigenvalue weighted by molar-refractivity contribution is -0.142. The van der Waals surface area contributed by atoms with Gasteiger partial charge in [-0.3, -0.25) is 4.79 Å². The fraction of sp³-hybridized carbons (Fsp3) is 0.333. The molecule has 1 aromatic carbocycles. The van der Waals surface area contributed by atoms with E-state index in [0.717, 1.165) is 0 Å². The number of carbonyl (C=O) groups excluding carboxylic acids is 2. The summed E-state index contributed by atoms with van der Waals surface area (Å²) < 4.78 is 9.13. The summed E-state index contributed by atoms with van der Waals surface area (Å²) in [4.78, 5) is 22.6. The first-order valence-electron chi connectivity index (χ1n) is 5.29. The van der Waals surface area contributed by atoms with Crippen molar-refractivity contribution in [1.82, 2.24) is 0 Å². The molecule has 0 spiro atoms. The van der Waals surface area contributed by atoms with E-state index in [0.29, 0.717) is 11.3 Å². The summed E-state index contributed by atoms with van der Waals surface area (Å²) in [6.07, 6.45) is 0.261. The number of anilines is 1. The minimum absolute atomic E-state index is 0.257. The van der Waals surface area contributed by atoms with Crippen LogP contribution in [0.4, 0.5) is 5.69 Å². The molecule has 0 aliphatic carbocycles. The Kier molecular flexibility index (Phi) is 4.67. The van der Waals surface area contributed by atoms with Crippen molar-refractivity contribution in [3.05, 3.63) is 29.3 Å². The quantitative estimate of drug-likeness (QED) is 0.581. The van der Waals surface area contributed by atoms with E-state index in [1.54, 1.807) is 18.2 Å². The second-order valence-corrected chi connectivity index (χ2v) is 3.75. The van der Waals surface area contributed by atoms with Gasteiger partial charge in [0.15, 0.2) is 0 Å². The molecular weight excluding hydrogens is 236 g/mol.